The van der Waals surface area contributed by atoms with Crippen molar-refractivity contribution in [2.24, 2.45) is 10.9 Å². The molecule has 28 heavy (non-hydrogen) atoms. The predicted molar refractivity (Wildman–Crippen MR) is 127 cm³/mol. The molecule has 0 amide bonds. The van der Waals surface area contributed by atoms with Gasteiger partial charge in [-0.2, -0.15) is 0 Å². The smallest absolute Gasteiger partial charge is 0.309 e. The number of nitrogens with zero attached hydrogens (tertiary/aromatic N) is 3. The zero-order chi connectivity index (χ0) is 19.6. The van der Waals surface area contributed by atoms with Crippen LogP contribution in [0.3, 0.4) is 0 Å². The summed E-state index contributed by atoms with van der Waals surface area (Å²) in [5.74, 6) is 0.880. The Morgan fingerprint density at radius 3 is 2.61 bits per heavy atom. The molecule has 1 heterocycles. The van der Waals surface area contributed by atoms with Crippen LogP contribution in [-0.4, -0.2) is 63.2 Å². The number of halogens is 1. The number of piperidine rings is 1. The van der Waals surface area contributed by atoms with Crippen LogP contribution in [0.5, 0.6) is 0 Å². The third-order valence-corrected chi connectivity index (χ3v) is 5.04. The van der Waals surface area contributed by atoms with E-state index < -0.39 is 0 Å². The van der Waals surface area contributed by atoms with Crippen LogP contribution in [0.1, 0.15) is 32.3 Å². The lowest BCUT2D eigenvalue weighted by Gasteiger charge is -2.33. The summed E-state index contributed by atoms with van der Waals surface area (Å²) in [7, 11) is 1.82. The highest BCUT2D eigenvalue weighted by Crippen LogP contribution is 2.19. The number of guanidine groups is 1. The molecule has 0 bridgehead atoms. The van der Waals surface area contributed by atoms with E-state index in [2.05, 4.69) is 58.2 Å². The molecule has 6 nitrogen and oxygen atoms in total. The third-order valence-electron chi connectivity index (χ3n) is 5.04. The number of carbonyl (C=O) groups excluding carboxylic acids is 1. The van der Waals surface area contributed by atoms with Crippen LogP contribution in [0, 0.1) is 12.8 Å². The standard InChI is InChI=1S/C21H34N4O2.HI/c1-5-24(19-9-7-8-17(3)16-19)15-12-23-21(22-4)25-13-10-18(11-14-25)20(26)27-6-2;/h7-9,16,18H,5-6,10-15H2,1-4H3,(H,22,23);1H. The van der Waals surface area contributed by atoms with E-state index in [0.717, 1.165) is 51.5 Å². The fourth-order valence-electron chi connectivity index (χ4n) is 3.52. The van der Waals surface area contributed by atoms with Gasteiger partial charge in [0, 0.05) is 45.5 Å². The highest BCUT2D eigenvalue weighted by atomic mass is 127. The minimum absolute atomic E-state index is 0. The summed E-state index contributed by atoms with van der Waals surface area (Å²) >= 11 is 0. The maximum atomic E-state index is 11.9. The van der Waals surface area contributed by atoms with E-state index in [9.17, 15) is 4.79 Å². The summed E-state index contributed by atoms with van der Waals surface area (Å²) in [6.45, 7) is 11.0. The van der Waals surface area contributed by atoms with Gasteiger partial charge in [-0.25, -0.2) is 0 Å². The van der Waals surface area contributed by atoms with E-state index in [-0.39, 0.29) is 35.9 Å². The Morgan fingerprint density at radius 1 is 1.32 bits per heavy atom. The van der Waals surface area contributed by atoms with Crippen molar-refractivity contribution in [3.63, 3.8) is 0 Å². The number of hydrogen-bond donors (Lipinski definition) is 1. The number of hydrogen-bond acceptors (Lipinski definition) is 4. The van der Waals surface area contributed by atoms with Crippen molar-refractivity contribution in [2.75, 3.05) is 51.3 Å². The third kappa shape index (κ3) is 7.14. The van der Waals surface area contributed by atoms with Crippen molar-refractivity contribution in [3.8, 4) is 0 Å². The molecular formula is C21H35IN4O2. The highest BCUT2D eigenvalue weighted by Gasteiger charge is 2.27. The van der Waals surface area contributed by atoms with Gasteiger partial charge in [0.05, 0.1) is 12.5 Å². The molecule has 2 rings (SSSR count). The molecule has 7 heteroatoms. The Bertz CT molecular complexity index is 631. The van der Waals surface area contributed by atoms with Gasteiger partial charge in [-0.05, 0) is 51.3 Å². The van der Waals surface area contributed by atoms with Gasteiger partial charge in [-0.3, -0.25) is 9.79 Å². The summed E-state index contributed by atoms with van der Waals surface area (Å²) in [5.41, 5.74) is 2.53. The second kappa shape index (κ2) is 12.9. The average molecular weight is 502 g/mol. The van der Waals surface area contributed by atoms with Gasteiger partial charge in [0.25, 0.3) is 0 Å². The Balaban J connectivity index is 0.00000392. The zero-order valence-electron chi connectivity index (χ0n) is 17.6. The molecule has 0 radical (unpaired) electrons. The lowest BCUT2D eigenvalue weighted by atomic mass is 9.97. The molecule has 0 atom stereocenters. The van der Waals surface area contributed by atoms with Crippen LogP contribution in [-0.2, 0) is 9.53 Å². The molecule has 0 spiro atoms. The molecule has 1 aliphatic rings. The maximum absolute atomic E-state index is 11.9. The lowest BCUT2D eigenvalue weighted by Crippen LogP contribution is -2.48. The summed E-state index contributed by atoms with van der Waals surface area (Å²) in [6.07, 6.45) is 1.65. The summed E-state index contributed by atoms with van der Waals surface area (Å²) in [5, 5.41) is 3.48. The summed E-state index contributed by atoms with van der Waals surface area (Å²) in [4.78, 5) is 20.9. The van der Waals surface area contributed by atoms with Gasteiger partial charge < -0.3 is 19.9 Å². The van der Waals surface area contributed by atoms with E-state index >= 15 is 0 Å². The number of rotatable bonds is 7. The normalized spacial score (nSPS) is 15.0. The second-order valence-corrected chi connectivity index (χ2v) is 6.91. The van der Waals surface area contributed by atoms with Crippen molar-refractivity contribution < 1.29 is 9.53 Å². The Hall–Kier alpha value is -1.51. The van der Waals surface area contributed by atoms with Crippen LogP contribution in [0.15, 0.2) is 29.3 Å². The average Bonchev–Trinajstić information content (AvgIpc) is 2.68. The van der Waals surface area contributed by atoms with Gasteiger partial charge in [-0.15, -0.1) is 24.0 Å². The minimum atomic E-state index is -0.0585. The maximum Gasteiger partial charge on any atom is 0.309 e. The largest absolute Gasteiger partial charge is 0.466 e. The Labute approximate surface area is 186 Å². The number of likely N-dealkylation sites (N-methyl/N-ethyl adjacent to an activating group) is 1. The van der Waals surface area contributed by atoms with Crippen molar-refractivity contribution in [3.05, 3.63) is 29.8 Å². The van der Waals surface area contributed by atoms with Gasteiger partial charge in [0.15, 0.2) is 5.96 Å². The molecule has 1 aliphatic heterocycles. The highest BCUT2D eigenvalue weighted by molar-refractivity contribution is 14.0. The van der Waals surface area contributed by atoms with Crippen LogP contribution in [0.2, 0.25) is 0 Å². The van der Waals surface area contributed by atoms with Crippen molar-refractivity contribution in [1.29, 1.82) is 0 Å². The van der Waals surface area contributed by atoms with Crippen LogP contribution < -0.4 is 10.2 Å². The number of nitrogens with one attached hydrogen (secondary N) is 1. The molecule has 1 saturated heterocycles. The summed E-state index contributed by atoms with van der Waals surface area (Å²) < 4.78 is 5.15. The number of carbonyl (C=O) groups is 1. The number of likely N-dealkylation sites (tertiary alicyclic amines) is 1. The predicted octanol–water partition coefficient (Wildman–Crippen LogP) is 3.29. The van der Waals surface area contributed by atoms with E-state index in [4.69, 9.17) is 4.74 Å². The fourth-order valence-corrected chi connectivity index (χ4v) is 3.52. The Morgan fingerprint density at radius 2 is 2.04 bits per heavy atom. The van der Waals surface area contributed by atoms with E-state index in [1.807, 2.05) is 14.0 Å². The molecule has 0 unspecified atom stereocenters. The van der Waals surface area contributed by atoms with Gasteiger partial charge in [0.1, 0.15) is 0 Å². The molecule has 1 aromatic carbocycles. The number of aryl methyl sites for hydroxylation is 1. The number of anilines is 1. The van der Waals surface area contributed by atoms with Gasteiger partial charge in [0.2, 0.25) is 0 Å². The van der Waals surface area contributed by atoms with Crippen LogP contribution >= 0.6 is 24.0 Å². The molecule has 158 valence electrons. The van der Waals surface area contributed by atoms with Crippen LogP contribution in [0.4, 0.5) is 5.69 Å². The molecule has 1 N–H and O–H groups in total. The van der Waals surface area contributed by atoms with Crippen LogP contribution in [0.25, 0.3) is 0 Å². The first-order valence-corrected chi connectivity index (χ1v) is 10.0. The topological polar surface area (TPSA) is 57.2 Å². The number of aliphatic imine (C=N–C) groups is 1. The lowest BCUT2D eigenvalue weighted by molar-refractivity contribution is -0.149. The molecule has 0 aliphatic carbocycles. The second-order valence-electron chi connectivity index (χ2n) is 6.91. The molecular weight excluding hydrogens is 467 g/mol. The minimum Gasteiger partial charge on any atom is -0.466 e. The fraction of sp³-hybridized carbons (Fsp3) is 0.619. The van der Waals surface area contributed by atoms with Crippen molar-refractivity contribution in [1.82, 2.24) is 10.2 Å². The first-order valence-electron chi connectivity index (χ1n) is 10.0. The van der Waals surface area contributed by atoms with Crippen molar-refractivity contribution in [2.45, 2.75) is 33.6 Å². The van der Waals surface area contributed by atoms with Gasteiger partial charge >= 0.3 is 5.97 Å². The Kier molecular flexibility index (Phi) is 11.3. The molecule has 0 aromatic heterocycles. The van der Waals surface area contributed by atoms with E-state index in [1.54, 1.807) is 0 Å². The quantitative estimate of drug-likeness (QED) is 0.269. The molecule has 1 aromatic rings. The molecule has 1 fully saturated rings. The summed E-state index contributed by atoms with van der Waals surface area (Å²) in [6, 6.07) is 8.61. The zero-order valence-corrected chi connectivity index (χ0v) is 19.9. The van der Waals surface area contributed by atoms with E-state index in [0.29, 0.717) is 6.61 Å². The number of ether oxygens (including phenoxy) is 1. The number of benzene rings is 1. The number of esters is 1. The molecule has 0 saturated carbocycles. The first kappa shape index (κ1) is 24.5. The monoisotopic (exact) mass is 502 g/mol. The van der Waals surface area contributed by atoms with Gasteiger partial charge in [-0.1, -0.05) is 12.1 Å². The van der Waals surface area contributed by atoms with Crippen molar-refractivity contribution >= 4 is 41.6 Å². The SMILES string of the molecule is CCOC(=O)C1CCN(C(=NC)NCCN(CC)c2cccc(C)c2)CC1.I. The van der Waals surface area contributed by atoms with E-state index in [1.165, 1.54) is 11.3 Å². The first-order chi connectivity index (χ1) is 13.1.